The predicted octanol–water partition coefficient (Wildman–Crippen LogP) is -2.39. The molecular weight excluding hydrogens is 178 g/mol. The number of hydrogen-bond donors (Lipinski definition) is 4. The van der Waals surface area contributed by atoms with Gasteiger partial charge in [0.05, 0.1) is 13.1 Å². The molecule has 7 heteroatoms. The quantitative estimate of drug-likeness (QED) is 0.202. The number of primary amides is 1. The molecule has 7 nitrogen and oxygen atoms in total. The molecule has 1 atom stereocenters. The number of carboxylic acids is 1. The first kappa shape index (κ1) is 11.4. The van der Waals surface area contributed by atoms with E-state index in [0.717, 1.165) is 0 Å². The predicted molar refractivity (Wildman–Crippen MR) is 42.4 cm³/mol. The second kappa shape index (κ2) is 5.95. The summed E-state index contributed by atoms with van der Waals surface area (Å²) in [4.78, 5) is 30.6. The van der Waals surface area contributed by atoms with Gasteiger partial charge in [-0.3, -0.25) is 19.7 Å². The minimum absolute atomic E-state index is 0.0201. The van der Waals surface area contributed by atoms with Crippen molar-refractivity contribution in [3.8, 4) is 0 Å². The third-order valence-electron chi connectivity index (χ3n) is 1.24. The Bertz CT molecular complexity index is 206. The topological polar surface area (TPSA) is 122 Å². The molecule has 0 aromatic heterocycles. The van der Waals surface area contributed by atoms with Gasteiger partial charge >= 0.3 is 5.97 Å². The third-order valence-corrected chi connectivity index (χ3v) is 1.24. The van der Waals surface area contributed by atoms with Gasteiger partial charge in [-0.2, -0.15) is 0 Å². The second-order valence-electron chi connectivity index (χ2n) is 2.26. The fourth-order valence-electron chi connectivity index (χ4n) is 0.672. The Balaban J connectivity index is 3.87. The molecule has 0 heterocycles. The van der Waals surface area contributed by atoms with Crippen molar-refractivity contribution in [1.29, 1.82) is 0 Å². The van der Waals surface area contributed by atoms with Crippen LogP contribution in [-0.2, 0) is 14.4 Å². The lowest BCUT2D eigenvalue weighted by Gasteiger charge is -2.11. The summed E-state index contributed by atoms with van der Waals surface area (Å²) in [7, 11) is 0. The molecule has 0 aliphatic rings. The van der Waals surface area contributed by atoms with Crippen LogP contribution in [0.3, 0.4) is 0 Å². The molecule has 2 amide bonds. The number of nitrogens with two attached hydrogens (primary N) is 1. The number of aliphatic carboxylic acids is 1. The summed E-state index contributed by atoms with van der Waals surface area (Å²) in [5.41, 5.74) is 4.80. The summed E-state index contributed by atoms with van der Waals surface area (Å²) < 4.78 is 0. The van der Waals surface area contributed by atoms with Crippen LogP contribution in [0.4, 0.5) is 0 Å². The summed E-state index contributed by atoms with van der Waals surface area (Å²) in [6.45, 7) is -0.0201. The molecule has 0 aliphatic carbocycles. The van der Waals surface area contributed by atoms with E-state index >= 15 is 0 Å². The summed E-state index contributed by atoms with van der Waals surface area (Å²) >= 11 is 0. The molecule has 0 saturated heterocycles. The zero-order chi connectivity index (χ0) is 10.3. The molecular formula is C6H11N3O4. The first-order chi connectivity index (χ1) is 6.07. The lowest BCUT2D eigenvalue weighted by Crippen LogP contribution is -2.43. The van der Waals surface area contributed by atoms with Gasteiger partial charge < -0.3 is 16.2 Å². The monoisotopic (exact) mass is 189 g/mol. The van der Waals surface area contributed by atoms with Gasteiger partial charge in [0.15, 0.2) is 0 Å². The summed E-state index contributed by atoms with van der Waals surface area (Å²) in [6.07, 6.45) is 0.103. The van der Waals surface area contributed by atoms with Crippen molar-refractivity contribution in [1.82, 2.24) is 10.6 Å². The van der Waals surface area contributed by atoms with E-state index < -0.39 is 17.9 Å². The Morgan fingerprint density at radius 2 is 2.15 bits per heavy atom. The number of amides is 2. The Morgan fingerprint density at radius 1 is 1.54 bits per heavy atom. The fourth-order valence-corrected chi connectivity index (χ4v) is 0.672. The minimum atomic E-state index is -1.19. The van der Waals surface area contributed by atoms with Gasteiger partial charge in [0.25, 0.3) is 0 Å². The molecule has 74 valence electrons. The molecule has 0 fully saturated rings. The van der Waals surface area contributed by atoms with Crippen molar-refractivity contribution in [3.63, 3.8) is 0 Å². The number of rotatable bonds is 7. The second-order valence-corrected chi connectivity index (χ2v) is 2.26. The standard InChI is InChI=1S/C6H11N3O4/c7-5(11)1-4(6(12)13)9-2-8-3-10/h3-4,9H,1-2H2,(H2,7,11)(H,8,10)(H,12,13)/t4-/m0/s1. The van der Waals surface area contributed by atoms with E-state index in [-0.39, 0.29) is 13.1 Å². The van der Waals surface area contributed by atoms with Crippen LogP contribution in [0, 0.1) is 0 Å². The highest BCUT2D eigenvalue weighted by Crippen LogP contribution is 1.89. The number of hydrogen-bond acceptors (Lipinski definition) is 4. The fraction of sp³-hybridized carbons (Fsp3) is 0.500. The molecule has 0 aromatic rings. The normalized spacial score (nSPS) is 11.7. The van der Waals surface area contributed by atoms with Gasteiger partial charge in [0.1, 0.15) is 6.04 Å². The molecule has 0 bridgehead atoms. The van der Waals surface area contributed by atoms with E-state index in [0.29, 0.717) is 6.41 Å². The van der Waals surface area contributed by atoms with Crippen molar-refractivity contribution in [3.05, 3.63) is 0 Å². The van der Waals surface area contributed by atoms with Crippen LogP contribution in [0.1, 0.15) is 6.42 Å². The van der Waals surface area contributed by atoms with E-state index in [9.17, 15) is 14.4 Å². The maximum atomic E-state index is 10.4. The Kier molecular flexibility index (Phi) is 5.20. The molecule has 0 rings (SSSR count). The molecule has 0 aliphatic heterocycles. The number of carboxylic acid groups (broad SMARTS) is 1. The van der Waals surface area contributed by atoms with Crippen LogP contribution in [0.25, 0.3) is 0 Å². The smallest absolute Gasteiger partial charge is 0.321 e. The number of nitrogens with one attached hydrogen (secondary N) is 2. The van der Waals surface area contributed by atoms with Crippen LogP contribution in [0.2, 0.25) is 0 Å². The average molecular weight is 189 g/mol. The van der Waals surface area contributed by atoms with Crippen LogP contribution in [0.5, 0.6) is 0 Å². The zero-order valence-electron chi connectivity index (χ0n) is 6.82. The van der Waals surface area contributed by atoms with E-state index in [1.165, 1.54) is 0 Å². The van der Waals surface area contributed by atoms with Gasteiger partial charge in [0, 0.05) is 0 Å². The largest absolute Gasteiger partial charge is 0.480 e. The molecule has 13 heavy (non-hydrogen) atoms. The Labute approximate surface area is 74.3 Å². The van der Waals surface area contributed by atoms with E-state index in [2.05, 4.69) is 10.6 Å². The number of carbonyl (C=O) groups is 3. The Morgan fingerprint density at radius 3 is 2.54 bits per heavy atom. The van der Waals surface area contributed by atoms with Crippen LogP contribution >= 0.6 is 0 Å². The molecule has 0 saturated carbocycles. The zero-order valence-corrected chi connectivity index (χ0v) is 6.82. The molecule has 0 aromatic carbocycles. The van der Waals surface area contributed by atoms with Gasteiger partial charge in [-0.15, -0.1) is 0 Å². The van der Waals surface area contributed by atoms with Crippen LogP contribution in [-0.4, -0.2) is 36.1 Å². The highest BCUT2D eigenvalue weighted by molar-refractivity contribution is 5.83. The maximum absolute atomic E-state index is 10.4. The van der Waals surface area contributed by atoms with E-state index in [4.69, 9.17) is 10.8 Å². The van der Waals surface area contributed by atoms with Gasteiger partial charge in [0.2, 0.25) is 12.3 Å². The van der Waals surface area contributed by atoms with Crippen molar-refractivity contribution >= 4 is 18.3 Å². The van der Waals surface area contributed by atoms with Gasteiger partial charge in [-0.05, 0) is 0 Å². The average Bonchev–Trinajstić information content (AvgIpc) is 2.02. The summed E-state index contributed by atoms with van der Waals surface area (Å²) in [5.74, 6) is -1.91. The van der Waals surface area contributed by atoms with Crippen LogP contribution < -0.4 is 16.4 Å². The number of carbonyl (C=O) groups excluding carboxylic acids is 2. The lowest BCUT2D eigenvalue weighted by molar-refractivity contribution is -0.141. The Hall–Kier alpha value is -1.63. The van der Waals surface area contributed by atoms with Gasteiger partial charge in [-0.25, -0.2) is 0 Å². The first-order valence-corrected chi connectivity index (χ1v) is 3.49. The SMILES string of the molecule is NC(=O)C[C@H](NCNC=O)C(=O)O. The highest BCUT2D eigenvalue weighted by Gasteiger charge is 2.18. The third kappa shape index (κ3) is 5.62. The molecule has 0 unspecified atom stereocenters. The van der Waals surface area contributed by atoms with Crippen molar-refractivity contribution < 1.29 is 19.5 Å². The van der Waals surface area contributed by atoms with Gasteiger partial charge in [-0.1, -0.05) is 0 Å². The van der Waals surface area contributed by atoms with Crippen LogP contribution in [0.15, 0.2) is 0 Å². The van der Waals surface area contributed by atoms with E-state index in [1.807, 2.05) is 0 Å². The summed E-state index contributed by atoms with van der Waals surface area (Å²) in [6, 6.07) is -1.06. The van der Waals surface area contributed by atoms with Crippen molar-refractivity contribution in [2.75, 3.05) is 6.67 Å². The molecule has 0 radical (unpaired) electrons. The van der Waals surface area contributed by atoms with E-state index in [1.54, 1.807) is 0 Å². The lowest BCUT2D eigenvalue weighted by atomic mass is 10.2. The van der Waals surface area contributed by atoms with Crippen molar-refractivity contribution in [2.45, 2.75) is 12.5 Å². The minimum Gasteiger partial charge on any atom is -0.480 e. The summed E-state index contributed by atoms with van der Waals surface area (Å²) in [5, 5.41) is 13.1. The molecule has 5 N–H and O–H groups in total. The van der Waals surface area contributed by atoms with Crippen molar-refractivity contribution in [2.24, 2.45) is 5.73 Å². The molecule has 0 spiro atoms. The maximum Gasteiger partial charge on any atom is 0.321 e. The highest BCUT2D eigenvalue weighted by atomic mass is 16.4. The first-order valence-electron chi connectivity index (χ1n) is 3.49.